The van der Waals surface area contributed by atoms with Crippen LogP contribution in [0.2, 0.25) is 0 Å². The molecule has 0 spiro atoms. The molecule has 1 fully saturated rings. The van der Waals surface area contributed by atoms with Crippen molar-refractivity contribution in [3.05, 3.63) is 36.0 Å². The van der Waals surface area contributed by atoms with E-state index in [9.17, 15) is 0 Å². The molecule has 0 atom stereocenters. The standard InChI is InChI=1S/C15H21N3/c1-2-18-14(12-17-9-7-16-8-10-17)11-13-5-3-4-6-15(13)18/h3-6,11,16H,2,7-10,12H2,1H3. The zero-order valence-electron chi connectivity index (χ0n) is 11.0. The van der Waals surface area contributed by atoms with Gasteiger partial charge >= 0.3 is 0 Å². The molecule has 0 saturated carbocycles. The molecule has 0 bridgehead atoms. The van der Waals surface area contributed by atoms with Gasteiger partial charge in [-0.1, -0.05) is 18.2 Å². The van der Waals surface area contributed by atoms with Crippen LogP contribution >= 0.6 is 0 Å². The van der Waals surface area contributed by atoms with E-state index < -0.39 is 0 Å². The summed E-state index contributed by atoms with van der Waals surface area (Å²) in [5.41, 5.74) is 2.81. The highest BCUT2D eigenvalue weighted by molar-refractivity contribution is 5.81. The molecule has 0 aliphatic carbocycles. The monoisotopic (exact) mass is 243 g/mol. The van der Waals surface area contributed by atoms with E-state index in [4.69, 9.17) is 0 Å². The lowest BCUT2D eigenvalue weighted by molar-refractivity contribution is 0.228. The molecule has 1 aliphatic rings. The van der Waals surface area contributed by atoms with Crippen LogP contribution in [0.1, 0.15) is 12.6 Å². The Labute approximate surface area is 108 Å². The van der Waals surface area contributed by atoms with Gasteiger partial charge in [0.2, 0.25) is 0 Å². The molecule has 1 saturated heterocycles. The maximum Gasteiger partial charge on any atom is 0.0482 e. The summed E-state index contributed by atoms with van der Waals surface area (Å²) in [4.78, 5) is 2.54. The molecule has 96 valence electrons. The van der Waals surface area contributed by atoms with Crippen LogP contribution in [0.5, 0.6) is 0 Å². The van der Waals surface area contributed by atoms with E-state index in [1.54, 1.807) is 0 Å². The molecular weight excluding hydrogens is 222 g/mol. The number of hydrogen-bond acceptors (Lipinski definition) is 2. The van der Waals surface area contributed by atoms with E-state index in [0.717, 1.165) is 39.3 Å². The molecule has 3 heteroatoms. The molecular formula is C15H21N3. The minimum Gasteiger partial charge on any atom is -0.344 e. The third kappa shape index (κ3) is 2.16. The second-order valence-corrected chi connectivity index (χ2v) is 4.96. The summed E-state index contributed by atoms with van der Waals surface area (Å²) in [6.07, 6.45) is 0. The van der Waals surface area contributed by atoms with E-state index in [0.29, 0.717) is 0 Å². The zero-order chi connectivity index (χ0) is 12.4. The van der Waals surface area contributed by atoms with Gasteiger partial charge in [0, 0.05) is 50.5 Å². The fourth-order valence-electron chi connectivity index (χ4n) is 2.87. The summed E-state index contributed by atoms with van der Waals surface area (Å²) in [7, 11) is 0. The van der Waals surface area contributed by atoms with Crippen molar-refractivity contribution < 1.29 is 0 Å². The zero-order valence-corrected chi connectivity index (χ0v) is 11.0. The molecule has 2 aromatic rings. The van der Waals surface area contributed by atoms with Crippen LogP contribution in [0.25, 0.3) is 10.9 Å². The van der Waals surface area contributed by atoms with Gasteiger partial charge in [-0.3, -0.25) is 4.90 Å². The number of nitrogens with zero attached hydrogens (tertiary/aromatic N) is 2. The number of aromatic nitrogens is 1. The highest BCUT2D eigenvalue weighted by Gasteiger charge is 2.13. The Morgan fingerprint density at radius 3 is 2.72 bits per heavy atom. The van der Waals surface area contributed by atoms with Gasteiger partial charge in [0.1, 0.15) is 0 Å². The Morgan fingerprint density at radius 1 is 1.17 bits per heavy atom. The maximum atomic E-state index is 3.41. The van der Waals surface area contributed by atoms with Gasteiger partial charge in [-0.2, -0.15) is 0 Å². The summed E-state index contributed by atoms with van der Waals surface area (Å²) in [5.74, 6) is 0. The van der Waals surface area contributed by atoms with Crippen LogP contribution in [0.15, 0.2) is 30.3 Å². The molecule has 3 rings (SSSR count). The first kappa shape index (κ1) is 11.8. The highest BCUT2D eigenvalue weighted by atomic mass is 15.2. The van der Waals surface area contributed by atoms with E-state index >= 15 is 0 Å². The Bertz CT molecular complexity index is 524. The van der Waals surface area contributed by atoms with Crippen molar-refractivity contribution in [2.45, 2.75) is 20.0 Å². The van der Waals surface area contributed by atoms with Crippen LogP contribution in [-0.4, -0.2) is 35.6 Å². The van der Waals surface area contributed by atoms with Crippen molar-refractivity contribution in [2.24, 2.45) is 0 Å². The van der Waals surface area contributed by atoms with E-state index in [-0.39, 0.29) is 0 Å². The van der Waals surface area contributed by atoms with E-state index in [1.165, 1.54) is 16.6 Å². The smallest absolute Gasteiger partial charge is 0.0482 e. The summed E-state index contributed by atoms with van der Waals surface area (Å²) < 4.78 is 2.44. The second-order valence-electron chi connectivity index (χ2n) is 4.96. The predicted molar refractivity (Wildman–Crippen MR) is 75.8 cm³/mol. The van der Waals surface area contributed by atoms with Crippen LogP contribution < -0.4 is 5.32 Å². The first-order chi connectivity index (χ1) is 8.88. The minimum absolute atomic E-state index is 1.05. The number of nitrogens with one attached hydrogen (secondary N) is 1. The fraction of sp³-hybridized carbons (Fsp3) is 0.467. The first-order valence-corrected chi connectivity index (χ1v) is 6.88. The topological polar surface area (TPSA) is 20.2 Å². The SMILES string of the molecule is CCn1c(CN2CCNCC2)cc2ccccc21. The third-order valence-electron chi connectivity index (χ3n) is 3.81. The lowest BCUT2D eigenvalue weighted by Gasteiger charge is -2.27. The third-order valence-corrected chi connectivity index (χ3v) is 3.81. The van der Waals surface area contributed by atoms with Gasteiger partial charge in [-0.25, -0.2) is 0 Å². The lowest BCUT2D eigenvalue weighted by Crippen LogP contribution is -2.43. The quantitative estimate of drug-likeness (QED) is 0.890. The van der Waals surface area contributed by atoms with Crippen LogP contribution in [0, 0.1) is 0 Å². The summed E-state index contributed by atoms with van der Waals surface area (Å²) >= 11 is 0. The minimum atomic E-state index is 1.05. The van der Waals surface area contributed by atoms with Crippen LogP contribution in [0.4, 0.5) is 0 Å². The van der Waals surface area contributed by atoms with Crippen molar-refractivity contribution in [2.75, 3.05) is 26.2 Å². The summed E-state index contributed by atoms with van der Waals surface area (Å²) in [6.45, 7) is 8.90. The Balaban J connectivity index is 1.90. The molecule has 18 heavy (non-hydrogen) atoms. The molecule has 1 aromatic heterocycles. The average Bonchev–Trinajstić information content (AvgIpc) is 2.77. The molecule has 3 nitrogen and oxygen atoms in total. The van der Waals surface area contributed by atoms with E-state index in [1.807, 2.05) is 0 Å². The Hall–Kier alpha value is -1.32. The van der Waals surface area contributed by atoms with Crippen LogP contribution in [0.3, 0.4) is 0 Å². The number of piperazine rings is 1. The van der Waals surface area contributed by atoms with Crippen molar-refractivity contribution in [3.8, 4) is 0 Å². The first-order valence-electron chi connectivity index (χ1n) is 6.88. The van der Waals surface area contributed by atoms with Crippen LogP contribution in [-0.2, 0) is 13.1 Å². The predicted octanol–water partition coefficient (Wildman–Crippen LogP) is 2.07. The second kappa shape index (κ2) is 5.12. The van der Waals surface area contributed by atoms with Crippen molar-refractivity contribution >= 4 is 10.9 Å². The van der Waals surface area contributed by atoms with Crippen molar-refractivity contribution in [3.63, 3.8) is 0 Å². The van der Waals surface area contributed by atoms with Gasteiger partial charge in [0.25, 0.3) is 0 Å². The number of fused-ring (bicyclic) bond motifs is 1. The number of aryl methyl sites for hydroxylation is 1. The summed E-state index contributed by atoms with van der Waals surface area (Å²) in [6, 6.07) is 11.0. The Morgan fingerprint density at radius 2 is 1.94 bits per heavy atom. The number of rotatable bonds is 3. The van der Waals surface area contributed by atoms with E-state index in [2.05, 4.69) is 52.0 Å². The maximum absolute atomic E-state index is 3.41. The molecule has 1 N–H and O–H groups in total. The number of para-hydroxylation sites is 1. The molecule has 1 aliphatic heterocycles. The van der Waals surface area contributed by atoms with Crippen molar-refractivity contribution in [1.82, 2.24) is 14.8 Å². The van der Waals surface area contributed by atoms with Gasteiger partial charge < -0.3 is 9.88 Å². The molecule has 2 heterocycles. The van der Waals surface area contributed by atoms with Gasteiger partial charge in [-0.05, 0) is 24.4 Å². The lowest BCUT2D eigenvalue weighted by atomic mass is 10.2. The van der Waals surface area contributed by atoms with Gasteiger partial charge in [0.15, 0.2) is 0 Å². The number of hydrogen-bond donors (Lipinski definition) is 1. The Kier molecular flexibility index (Phi) is 3.35. The molecule has 0 radical (unpaired) electrons. The fourth-order valence-corrected chi connectivity index (χ4v) is 2.87. The largest absolute Gasteiger partial charge is 0.344 e. The normalized spacial score (nSPS) is 17.4. The summed E-state index contributed by atoms with van der Waals surface area (Å²) in [5, 5.41) is 4.77. The van der Waals surface area contributed by atoms with Gasteiger partial charge in [-0.15, -0.1) is 0 Å². The highest BCUT2D eigenvalue weighted by Crippen LogP contribution is 2.21. The molecule has 0 unspecified atom stereocenters. The van der Waals surface area contributed by atoms with Gasteiger partial charge in [0.05, 0.1) is 0 Å². The van der Waals surface area contributed by atoms with Crippen molar-refractivity contribution in [1.29, 1.82) is 0 Å². The molecule has 1 aromatic carbocycles. The number of benzene rings is 1. The average molecular weight is 243 g/mol. The molecule has 0 amide bonds.